The van der Waals surface area contributed by atoms with Crippen molar-refractivity contribution in [2.24, 2.45) is 0 Å². The van der Waals surface area contributed by atoms with Crippen LogP contribution in [0, 0.1) is 13.8 Å². The zero-order valence-electron chi connectivity index (χ0n) is 13.5. The van der Waals surface area contributed by atoms with Crippen molar-refractivity contribution >= 4 is 24.0 Å². The van der Waals surface area contributed by atoms with Crippen LogP contribution < -0.4 is 20.8 Å². The molecule has 0 amide bonds. The number of methoxy groups -OCH3 is 1. The molecule has 0 saturated heterocycles. The highest BCUT2D eigenvalue weighted by Crippen LogP contribution is 2.35. The number of rotatable bonds is 4. The lowest BCUT2D eigenvalue weighted by Gasteiger charge is -2.19. The largest absolute Gasteiger partial charge is 0.494 e. The fraction of sp³-hybridized carbons (Fsp3) is 0.158. The van der Waals surface area contributed by atoms with E-state index in [2.05, 4.69) is 72.6 Å². The minimum absolute atomic E-state index is 0.785. The van der Waals surface area contributed by atoms with Crippen LogP contribution in [0.1, 0.15) is 11.1 Å². The summed E-state index contributed by atoms with van der Waals surface area (Å²) in [5.74, 6) is 0.785. The Morgan fingerprint density at radius 1 is 0.783 bits per heavy atom. The van der Waals surface area contributed by atoms with Gasteiger partial charge in [-0.3, -0.25) is 0 Å². The smallest absolute Gasteiger partial charge is 0.148 e. The molecule has 0 N–H and O–H groups in total. The van der Waals surface area contributed by atoms with E-state index in [1.54, 1.807) is 13.3 Å². The number of aromatic nitrogens is 2. The van der Waals surface area contributed by atoms with Gasteiger partial charge in [0.1, 0.15) is 11.2 Å². The van der Waals surface area contributed by atoms with Gasteiger partial charge in [0.05, 0.1) is 13.3 Å². The second-order valence-electron chi connectivity index (χ2n) is 5.43. The second kappa shape index (κ2) is 6.89. The van der Waals surface area contributed by atoms with E-state index in [-0.39, 0.29) is 0 Å². The third kappa shape index (κ3) is 3.40. The molecule has 0 saturated carbocycles. The van der Waals surface area contributed by atoms with E-state index in [1.165, 1.54) is 21.7 Å². The predicted octanol–water partition coefficient (Wildman–Crippen LogP) is 2.86. The molecule has 0 atom stereocenters. The van der Waals surface area contributed by atoms with Gasteiger partial charge in [-0.25, -0.2) is 0 Å². The molecule has 0 aliphatic heterocycles. The third-order valence-electron chi connectivity index (χ3n) is 3.68. The number of benzene rings is 2. The summed E-state index contributed by atoms with van der Waals surface area (Å²) in [6.45, 7) is 4.20. The highest BCUT2D eigenvalue weighted by atomic mass is 31.1. The lowest BCUT2D eigenvalue weighted by molar-refractivity contribution is 0.416. The summed E-state index contributed by atoms with van der Waals surface area (Å²) in [6.07, 6.45) is 1.67. The van der Waals surface area contributed by atoms with Gasteiger partial charge in [-0.05, 0) is 24.5 Å². The summed E-state index contributed by atoms with van der Waals surface area (Å²) < 4.78 is 5.53. The first-order valence-corrected chi connectivity index (χ1v) is 8.82. The Labute approximate surface area is 138 Å². The van der Waals surface area contributed by atoms with Crippen molar-refractivity contribution in [2.75, 3.05) is 7.11 Å². The van der Waals surface area contributed by atoms with Crippen molar-refractivity contribution in [3.63, 3.8) is 0 Å². The van der Waals surface area contributed by atoms with E-state index in [0.717, 1.165) is 11.2 Å². The number of hydrogen-bond acceptors (Lipinski definition) is 3. The van der Waals surface area contributed by atoms with Crippen molar-refractivity contribution in [3.8, 4) is 5.75 Å². The highest BCUT2D eigenvalue weighted by molar-refractivity contribution is 7.79. The van der Waals surface area contributed by atoms with Gasteiger partial charge in [-0.15, -0.1) is 5.10 Å². The summed E-state index contributed by atoms with van der Waals surface area (Å²) in [6, 6.07) is 19.1. The van der Waals surface area contributed by atoms with Gasteiger partial charge in [0.15, 0.2) is 0 Å². The first kappa shape index (κ1) is 15.6. The maximum absolute atomic E-state index is 5.53. The van der Waals surface area contributed by atoms with Gasteiger partial charge in [-0.1, -0.05) is 59.7 Å². The lowest BCUT2D eigenvalue weighted by Crippen LogP contribution is -2.24. The molecular weight excluding hydrogens is 303 g/mol. The van der Waals surface area contributed by atoms with Gasteiger partial charge in [0, 0.05) is 14.0 Å². The minimum Gasteiger partial charge on any atom is -0.494 e. The van der Waals surface area contributed by atoms with Crippen LogP contribution in [-0.4, -0.2) is 17.3 Å². The topological polar surface area (TPSA) is 35.0 Å². The van der Waals surface area contributed by atoms with E-state index in [9.17, 15) is 0 Å². The van der Waals surface area contributed by atoms with Crippen molar-refractivity contribution in [2.45, 2.75) is 13.8 Å². The Morgan fingerprint density at radius 3 is 1.78 bits per heavy atom. The van der Waals surface area contributed by atoms with Gasteiger partial charge >= 0.3 is 0 Å². The van der Waals surface area contributed by atoms with Crippen LogP contribution in [0.5, 0.6) is 5.75 Å². The van der Waals surface area contributed by atoms with Gasteiger partial charge in [0.2, 0.25) is 0 Å². The molecule has 0 aliphatic rings. The maximum atomic E-state index is 5.53. The molecule has 3 aromatic rings. The average Bonchev–Trinajstić information content (AvgIpc) is 2.59. The van der Waals surface area contributed by atoms with Gasteiger partial charge < -0.3 is 4.74 Å². The molecule has 3 rings (SSSR count). The Balaban J connectivity index is 2.17. The molecule has 1 aromatic heterocycles. The van der Waals surface area contributed by atoms with E-state index in [0.29, 0.717) is 0 Å². The maximum Gasteiger partial charge on any atom is 0.148 e. The molecule has 116 valence electrons. The first-order valence-electron chi connectivity index (χ1n) is 7.48. The van der Waals surface area contributed by atoms with Crippen molar-refractivity contribution < 1.29 is 4.74 Å². The molecule has 0 aliphatic carbocycles. The molecule has 0 unspecified atom stereocenters. The molecule has 23 heavy (non-hydrogen) atoms. The molecule has 1 heterocycles. The molecule has 0 bridgehead atoms. The highest BCUT2D eigenvalue weighted by Gasteiger charge is 2.22. The molecule has 2 aromatic carbocycles. The van der Waals surface area contributed by atoms with Crippen LogP contribution in [-0.2, 0) is 0 Å². The lowest BCUT2D eigenvalue weighted by atomic mass is 10.2. The molecule has 3 nitrogen and oxygen atoms in total. The number of ether oxygens (including phenoxy) is 1. The van der Waals surface area contributed by atoms with Crippen LogP contribution in [0.25, 0.3) is 0 Å². The van der Waals surface area contributed by atoms with Gasteiger partial charge in [0.25, 0.3) is 0 Å². The molecule has 0 radical (unpaired) electrons. The number of nitrogens with zero attached hydrogens (tertiary/aromatic N) is 2. The average molecular weight is 322 g/mol. The molecule has 0 spiro atoms. The van der Waals surface area contributed by atoms with Crippen LogP contribution in [0.4, 0.5) is 0 Å². The zero-order valence-corrected chi connectivity index (χ0v) is 14.4. The summed E-state index contributed by atoms with van der Waals surface area (Å²) >= 11 is 0. The second-order valence-corrected chi connectivity index (χ2v) is 7.56. The molecular formula is C19H19N2OP. The van der Waals surface area contributed by atoms with E-state index in [4.69, 9.17) is 4.74 Å². The minimum atomic E-state index is -0.796. The quantitative estimate of drug-likeness (QED) is 0.693. The van der Waals surface area contributed by atoms with E-state index < -0.39 is 7.92 Å². The Morgan fingerprint density at radius 2 is 1.30 bits per heavy atom. The van der Waals surface area contributed by atoms with Crippen molar-refractivity contribution in [1.29, 1.82) is 0 Å². The zero-order chi connectivity index (χ0) is 16.2. The van der Waals surface area contributed by atoms with Crippen LogP contribution in [0.2, 0.25) is 0 Å². The van der Waals surface area contributed by atoms with Crippen LogP contribution in [0.3, 0.4) is 0 Å². The van der Waals surface area contributed by atoms with Crippen molar-refractivity contribution in [3.05, 3.63) is 71.9 Å². The summed E-state index contributed by atoms with van der Waals surface area (Å²) in [4.78, 5) is 0. The fourth-order valence-electron chi connectivity index (χ4n) is 2.41. The van der Waals surface area contributed by atoms with Crippen molar-refractivity contribution in [1.82, 2.24) is 10.2 Å². The summed E-state index contributed by atoms with van der Waals surface area (Å²) in [5, 5.41) is 11.0. The standard InChI is InChI=1S/C19H19N2OP/c1-14-4-8-16(9-5-14)23(17-10-6-15(2)7-11-17)19-18(22-3)12-13-20-21-19/h4-13H,1-3H3. The SMILES string of the molecule is COc1ccnnc1P(c1ccc(C)cc1)c1ccc(C)cc1. The first-order chi connectivity index (χ1) is 11.2. The normalized spacial score (nSPS) is 10.8. The van der Waals surface area contributed by atoms with E-state index >= 15 is 0 Å². The predicted molar refractivity (Wildman–Crippen MR) is 96.8 cm³/mol. The van der Waals surface area contributed by atoms with Crippen LogP contribution >= 0.6 is 7.92 Å². The van der Waals surface area contributed by atoms with Crippen LogP contribution in [0.15, 0.2) is 60.8 Å². The Kier molecular flexibility index (Phi) is 4.68. The Hall–Kier alpha value is -2.25. The third-order valence-corrected chi connectivity index (χ3v) is 6.04. The fourth-order valence-corrected chi connectivity index (χ4v) is 4.62. The number of aryl methyl sites for hydroxylation is 2. The Bertz CT molecular complexity index is 740. The van der Waals surface area contributed by atoms with Gasteiger partial charge in [-0.2, -0.15) is 5.10 Å². The summed E-state index contributed by atoms with van der Waals surface area (Å²) in [5.41, 5.74) is 3.40. The summed E-state index contributed by atoms with van der Waals surface area (Å²) in [7, 11) is 0.883. The molecule has 4 heteroatoms. The number of hydrogen-bond donors (Lipinski definition) is 0. The van der Waals surface area contributed by atoms with E-state index in [1.807, 2.05) is 6.07 Å². The monoisotopic (exact) mass is 322 g/mol. The molecule has 0 fully saturated rings.